The van der Waals surface area contributed by atoms with E-state index in [1.54, 1.807) is 12.3 Å². The van der Waals surface area contributed by atoms with Crippen molar-refractivity contribution in [3.63, 3.8) is 0 Å². The van der Waals surface area contributed by atoms with Crippen LogP contribution in [0.1, 0.15) is 24.5 Å². The second-order valence-corrected chi connectivity index (χ2v) is 5.82. The SMILES string of the molecule is NC(CN1CCCC1)C(O)c1ccc(OC2COC2)nc1. The molecule has 0 radical (unpaired) electrons. The molecular formula is C15H23N3O3. The van der Waals surface area contributed by atoms with Gasteiger partial charge in [0.15, 0.2) is 0 Å². The van der Waals surface area contributed by atoms with E-state index in [-0.39, 0.29) is 12.1 Å². The average molecular weight is 293 g/mol. The predicted molar refractivity (Wildman–Crippen MR) is 78.1 cm³/mol. The summed E-state index contributed by atoms with van der Waals surface area (Å²) in [5, 5.41) is 10.3. The molecule has 0 spiro atoms. The number of likely N-dealkylation sites (tertiary alicyclic amines) is 1. The van der Waals surface area contributed by atoms with Crippen molar-refractivity contribution < 1.29 is 14.6 Å². The monoisotopic (exact) mass is 293 g/mol. The maximum Gasteiger partial charge on any atom is 0.213 e. The summed E-state index contributed by atoms with van der Waals surface area (Å²) in [5.41, 5.74) is 6.85. The summed E-state index contributed by atoms with van der Waals surface area (Å²) < 4.78 is 10.6. The zero-order valence-corrected chi connectivity index (χ0v) is 12.1. The molecule has 0 bridgehead atoms. The van der Waals surface area contributed by atoms with Gasteiger partial charge in [-0.1, -0.05) is 0 Å². The fourth-order valence-electron chi connectivity index (χ4n) is 2.70. The summed E-state index contributed by atoms with van der Waals surface area (Å²) in [5.74, 6) is 0.562. The van der Waals surface area contributed by atoms with E-state index < -0.39 is 6.10 Å². The maximum atomic E-state index is 10.3. The molecule has 6 nitrogen and oxygen atoms in total. The molecule has 3 N–H and O–H groups in total. The van der Waals surface area contributed by atoms with Crippen molar-refractivity contribution in [2.24, 2.45) is 5.73 Å². The highest BCUT2D eigenvalue weighted by atomic mass is 16.6. The van der Waals surface area contributed by atoms with E-state index in [1.165, 1.54) is 12.8 Å². The molecule has 2 fully saturated rings. The summed E-state index contributed by atoms with van der Waals surface area (Å²) in [6.45, 7) is 4.11. The number of aromatic nitrogens is 1. The van der Waals surface area contributed by atoms with Crippen LogP contribution in [-0.2, 0) is 4.74 Å². The third-order valence-corrected chi connectivity index (χ3v) is 4.07. The Morgan fingerprint density at radius 1 is 1.38 bits per heavy atom. The molecule has 2 aliphatic rings. The first kappa shape index (κ1) is 14.7. The fraction of sp³-hybridized carbons (Fsp3) is 0.667. The first-order chi connectivity index (χ1) is 10.2. The van der Waals surface area contributed by atoms with Crippen molar-refractivity contribution >= 4 is 0 Å². The number of hydrogen-bond donors (Lipinski definition) is 2. The Morgan fingerprint density at radius 3 is 2.71 bits per heavy atom. The van der Waals surface area contributed by atoms with Gasteiger partial charge < -0.3 is 25.2 Å². The number of aliphatic hydroxyl groups is 1. The Balaban J connectivity index is 1.54. The summed E-state index contributed by atoms with van der Waals surface area (Å²) in [7, 11) is 0. The molecule has 6 heteroatoms. The van der Waals surface area contributed by atoms with E-state index >= 15 is 0 Å². The van der Waals surface area contributed by atoms with Gasteiger partial charge in [-0.05, 0) is 32.0 Å². The topological polar surface area (TPSA) is 80.8 Å². The van der Waals surface area contributed by atoms with Gasteiger partial charge in [-0.25, -0.2) is 4.98 Å². The smallest absolute Gasteiger partial charge is 0.213 e. The van der Waals surface area contributed by atoms with Crippen LogP contribution in [0, 0.1) is 0 Å². The Labute approximate surface area is 124 Å². The van der Waals surface area contributed by atoms with E-state index in [0.29, 0.717) is 19.1 Å². The number of rotatable bonds is 6. The molecule has 116 valence electrons. The van der Waals surface area contributed by atoms with Gasteiger partial charge in [-0.3, -0.25) is 0 Å². The molecule has 3 rings (SSSR count). The van der Waals surface area contributed by atoms with Crippen LogP contribution in [0.4, 0.5) is 0 Å². The van der Waals surface area contributed by atoms with Gasteiger partial charge in [0.25, 0.3) is 0 Å². The van der Waals surface area contributed by atoms with Crippen molar-refractivity contribution in [2.45, 2.75) is 31.1 Å². The van der Waals surface area contributed by atoms with Gasteiger partial charge in [0, 0.05) is 30.4 Å². The normalized spacial score (nSPS) is 22.8. The molecular weight excluding hydrogens is 270 g/mol. The molecule has 2 atom stereocenters. The second-order valence-electron chi connectivity index (χ2n) is 5.82. The Hall–Kier alpha value is -1.21. The number of nitrogens with zero attached hydrogens (tertiary/aromatic N) is 2. The second kappa shape index (κ2) is 6.70. The summed E-state index contributed by atoms with van der Waals surface area (Å²) >= 11 is 0. The largest absolute Gasteiger partial charge is 0.469 e. The number of hydrogen-bond acceptors (Lipinski definition) is 6. The van der Waals surface area contributed by atoms with Crippen molar-refractivity contribution in [1.29, 1.82) is 0 Å². The van der Waals surface area contributed by atoms with Crippen LogP contribution >= 0.6 is 0 Å². The molecule has 2 saturated heterocycles. The van der Waals surface area contributed by atoms with Gasteiger partial charge in [-0.2, -0.15) is 0 Å². The highest BCUT2D eigenvalue weighted by Crippen LogP contribution is 2.20. The van der Waals surface area contributed by atoms with Crippen molar-refractivity contribution in [3.05, 3.63) is 23.9 Å². The first-order valence-corrected chi connectivity index (χ1v) is 7.59. The highest BCUT2D eigenvalue weighted by molar-refractivity contribution is 5.21. The zero-order chi connectivity index (χ0) is 14.7. The van der Waals surface area contributed by atoms with Gasteiger partial charge >= 0.3 is 0 Å². The van der Waals surface area contributed by atoms with E-state index in [4.69, 9.17) is 15.2 Å². The quantitative estimate of drug-likeness (QED) is 0.786. The van der Waals surface area contributed by atoms with Crippen LogP contribution in [0.2, 0.25) is 0 Å². The van der Waals surface area contributed by atoms with Gasteiger partial charge in [0.05, 0.1) is 19.3 Å². The molecule has 3 heterocycles. The van der Waals surface area contributed by atoms with Crippen LogP contribution in [-0.4, -0.2) is 60.0 Å². The molecule has 1 aromatic heterocycles. The average Bonchev–Trinajstić information content (AvgIpc) is 2.95. The lowest BCUT2D eigenvalue weighted by Gasteiger charge is -2.26. The minimum Gasteiger partial charge on any atom is -0.469 e. The molecule has 0 aliphatic carbocycles. The minimum absolute atomic E-state index is 0.102. The Kier molecular flexibility index (Phi) is 4.70. The molecule has 0 saturated carbocycles. The maximum absolute atomic E-state index is 10.3. The highest BCUT2D eigenvalue weighted by Gasteiger charge is 2.23. The number of ether oxygens (including phenoxy) is 2. The zero-order valence-electron chi connectivity index (χ0n) is 12.1. The molecule has 0 amide bonds. The summed E-state index contributed by atoms with van der Waals surface area (Å²) in [6.07, 6.45) is 3.50. The van der Waals surface area contributed by atoms with Crippen LogP contribution < -0.4 is 10.5 Å². The minimum atomic E-state index is -0.695. The molecule has 2 unspecified atom stereocenters. The number of aliphatic hydroxyl groups excluding tert-OH is 1. The lowest BCUT2D eigenvalue weighted by Crippen LogP contribution is -2.40. The van der Waals surface area contributed by atoms with Gasteiger partial charge in [0.1, 0.15) is 6.10 Å². The number of pyridine rings is 1. The van der Waals surface area contributed by atoms with Crippen LogP contribution in [0.5, 0.6) is 5.88 Å². The van der Waals surface area contributed by atoms with Crippen molar-refractivity contribution in [3.8, 4) is 5.88 Å². The Bertz CT molecular complexity index is 444. The lowest BCUT2D eigenvalue weighted by atomic mass is 10.0. The molecule has 0 aromatic carbocycles. The van der Waals surface area contributed by atoms with Gasteiger partial charge in [-0.15, -0.1) is 0 Å². The van der Waals surface area contributed by atoms with Crippen LogP contribution in [0.25, 0.3) is 0 Å². The van der Waals surface area contributed by atoms with Crippen LogP contribution in [0.3, 0.4) is 0 Å². The molecule has 21 heavy (non-hydrogen) atoms. The first-order valence-electron chi connectivity index (χ1n) is 7.59. The summed E-state index contributed by atoms with van der Waals surface area (Å²) in [6, 6.07) is 3.31. The fourth-order valence-corrected chi connectivity index (χ4v) is 2.70. The summed E-state index contributed by atoms with van der Waals surface area (Å²) in [4.78, 5) is 6.53. The molecule has 1 aromatic rings. The van der Waals surface area contributed by atoms with E-state index in [0.717, 1.165) is 25.2 Å². The van der Waals surface area contributed by atoms with E-state index in [9.17, 15) is 5.11 Å². The van der Waals surface area contributed by atoms with E-state index in [1.807, 2.05) is 6.07 Å². The van der Waals surface area contributed by atoms with Crippen LogP contribution in [0.15, 0.2) is 18.3 Å². The van der Waals surface area contributed by atoms with Crippen molar-refractivity contribution in [1.82, 2.24) is 9.88 Å². The Morgan fingerprint density at radius 2 is 2.14 bits per heavy atom. The van der Waals surface area contributed by atoms with E-state index in [2.05, 4.69) is 9.88 Å². The predicted octanol–water partition coefficient (Wildman–Crippen LogP) is 0.316. The third-order valence-electron chi connectivity index (χ3n) is 4.07. The lowest BCUT2D eigenvalue weighted by molar-refractivity contribution is -0.0813. The third kappa shape index (κ3) is 3.71. The molecule has 2 aliphatic heterocycles. The van der Waals surface area contributed by atoms with Gasteiger partial charge in [0.2, 0.25) is 5.88 Å². The number of nitrogens with two attached hydrogens (primary N) is 1. The van der Waals surface area contributed by atoms with Crippen molar-refractivity contribution in [2.75, 3.05) is 32.8 Å². The standard InChI is InChI=1S/C15H23N3O3/c16-13(8-18-5-1-2-6-18)15(19)11-3-4-14(17-7-11)21-12-9-20-10-12/h3-4,7,12-13,15,19H,1-2,5-6,8-10,16H2.